The van der Waals surface area contributed by atoms with Crippen LogP contribution in [0.3, 0.4) is 0 Å². The zero-order valence-electron chi connectivity index (χ0n) is 17.8. The summed E-state index contributed by atoms with van der Waals surface area (Å²) < 4.78 is 9.38. The highest BCUT2D eigenvalue weighted by atomic mass is 16.5. The Bertz CT molecular complexity index is 1270. The molecule has 4 aromatic rings. The van der Waals surface area contributed by atoms with Gasteiger partial charge in [-0.2, -0.15) is 4.98 Å². The second kappa shape index (κ2) is 7.21. The maximum atomic E-state index is 9.96. The van der Waals surface area contributed by atoms with Crippen molar-refractivity contribution in [2.45, 2.75) is 44.9 Å². The fourth-order valence-corrected chi connectivity index (χ4v) is 4.51. The summed E-state index contributed by atoms with van der Waals surface area (Å²) in [6.45, 7) is 4.33. The minimum absolute atomic E-state index is 0.0551. The summed E-state index contributed by atoms with van der Waals surface area (Å²) in [6.07, 6.45) is 3.21. The first-order valence-corrected chi connectivity index (χ1v) is 10.4. The summed E-state index contributed by atoms with van der Waals surface area (Å²) in [5.41, 5.74) is 3.96. The molecule has 1 aliphatic carbocycles. The van der Waals surface area contributed by atoms with Crippen LogP contribution in [0.1, 0.15) is 25.6 Å². The number of fused-ring (bicyclic) bond motifs is 2. The molecular formula is C22H26N6O3. The van der Waals surface area contributed by atoms with E-state index >= 15 is 0 Å². The van der Waals surface area contributed by atoms with Crippen molar-refractivity contribution in [3.8, 4) is 17.0 Å². The molecule has 0 atom stereocenters. The van der Waals surface area contributed by atoms with Gasteiger partial charge in [0.05, 0.1) is 30.4 Å². The molecule has 9 nitrogen and oxygen atoms in total. The average Bonchev–Trinajstić information content (AvgIpc) is 3.27. The maximum absolute atomic E-state index is 9.96. The number of aryl methyl sites for hydroxylation is 1. The number of aliphatic hydroxyl groups excluding tert-OH is 1. The number of nitrogens with zero attached hydrogens (tertiary/aromatic N) is 5. The molecule has 3 heterocycles. The molecule has 1 saturated carbocycles. The molecule has 162 valence electrons. The lowest BCUT2D eigenvalue weighted by atomic mass is 9.77. The van der Waals surface area contributed by atoms with E-state index in [-0.39, 0.29) is 12.6 Å². The Morgan fingerprint density at radius 1 is 1.26 bits per heavy atom. The highest BCUT2D eigenvalue weighted by Crippen LogP contribution is 2.35. The van der Waals surface area contributed by atoms with E-state index in [1.807, 2.05) is 42.8 Å². The third-order valence-corrected chi connectivity index (χ3v) is 5.95. The van der Waals surface area contributed by atoms with Crippen LogP contribution in [0.15, 0.2) is 30.5 Å². The van der Waals surface area contributed by atoms with Crippen LogP contribution >= 0.6 is 0 Å². The monoisotopic (exact) mass is 422 g/mol. The second-order valence-electron chi connectivity index (χ2n) is 8.45. The first-order valence-electron chi connectivity index (χ1n) is 10.4. The van der Waals surface area contributed by atoms with Crippen LogP contribution in [-0.4, -0.2) is 59.7 Å². The van der Waals surface area contributed by atoms with Gasteiger partial charge in [-0.15, -0.1) is 5.10 Å². The molecule has 0 bridgehead atoms. The molecule has 1 aliphatic rings. The van der Waals surface area contributed by atoms with Gasteiger partial charge in [-0.25, -0.2) is 9.50 Å². The average molecular weight is 422 g/mol. The minimum Gasteiger partial charge on any atom is -0.479 e. The van der Waals surface area contributed by atoms with E-state index in [9.17, 15) is 10.2 Å². The van der Waals surface area contributed by atoms with Crippen LogP contribution in [0.5, 0.6) is 5.88 Å². The summed E-state index contributed by atoms with van der Waals surface area (Å²) in [6, 6.07) is 8.22. The molecule has 0 radical (unpaired) electrons. The lowest BCUT2D eigenvalue weighted by Gasteiger charge is -2.41. The lowest BCUT2D eigenvalue weighted by molar-refractivity contribution is -0.0236. The quantitative estimate of drug-likeness (QED) is 0.438. The van der Waals surface area contributed by atoms with Crippen molar-refractivity contribution >= 4 is 22.5 Å². The van der Waals surface area contributed by atoms with Crippen LogP contribution in [0.25, 0.3) is 27.7 Å². The van der Waals surface area contributed by atoms with Gasteiger partial charge in [0.1, 0.15) is 11.3 Å². The number of nitrogens with one attached hydrogen (secondary N) is 1. The minimum atomic E-state index is -0.619. The number of methoxy groups -OCH3 is 1. The topological polar surface area (TPSA) is 110 Å². The molecule has 0 aliphatic heterocycles. The molecular weight excluding hydrogens is 396 g/mol. The number of benzene rings is 1. The molecule has 1 aromatic carbocycles. The Morgan fingerprint density at radius 3 is 2.77 bits per heavy atom. The number of hydrogen-bond donors (Lipinski definition) is 3. The Labute approximate surface area is 179 Å². The Hall–Kier alpha value is -3.17. The standard InChI is InChI=1S/C22H26N6O3/c1-13-23-17-5-4-14(10-18(17)27(13)8-9-29)16-6-7-28-19(16)20(31-3)25-21(26-28)24-15-11-22(2,30)12-15/h4-7,10,15,29-30H,8-9,11-12H2,1-3H3,(H,24,26). The predicted molar refractivity (Wildman–Crippen MR) is 117 cm³/mol. The van der Waals surface area contributed by atoms with E-state index in [1.165, 1.54) is 0 Å². The molecule has 0 saturated heterocycles. The molecule has 0 spiro atoms. The van der Waals surface area contributed by atoms with Gasteiger partial charge >= 0.3 is 0 Å². The van der Waals surface area contributed by atoms with Crippen molar-refractivity contribution in [3.05, 3.63) is 36.3 Å². The van der Waals surface area contributed by atoms with Crippen LogP contribution in [0.4, 0.5) is 5.95 Å². The summed E-state index contributed by atoms with van der Waals surface area (Å²) in [7, 11) is 1.60. The fourth-order valence-electron chi connectivity index (χ4n) is 4.51. The van der Waals surface area contributed by atoms with E-state index in [0.717, 1.165) is 33.5 Å². The smallest absolute Gasteiger partial charge is 0.244 e. The van der Waals surface area contributed by atoms with E-state index in [4.69, 9.17) is 4.74 Å². The molecule has 31 heavy (non-hydrogen) atoms. The van der Waals surface area contributed by atoms with Crippen molar-refractivity contribution in [2.24, 2.45) is 0 Å². The van der Waals surface area contributed by atoms with E-state index < -0.39 is 5.60 Å². The summed E-state index contributed by atoms with van der Waals surface area (Å²) in [4.78, 5) is 9.15. The number of rotatable bonds is 6. The number of imidazole rings is 1. The Balaban J connectivity index is 1.55. The normalized spacial score (nSPS) is 20.9. The zero-order chi connectivity index (χ0) is 21.8. The molecule has 3 N–H and O–H groups in total. The third kappa shape index (κ3) is 3.39. The highest BCUT2D eigenvalue weighted by Gasteiger charge is 2.38. The molecule has 0 amide bonds. The van der Waals surface area contributed by atoms with Gasteiger partial charge < -0.3 is 24.8 Å². The van der Waals surface area contributed by atoms with E-state index in [0.29, 0.717) is 31.2 Å². The van der Waals surface area contributed by atoms with Gasteiger partial charge in [-0.1, -0.05) is 6.07 Å². The molecule has 1 fully saturated rings. The zero-order valence-corrected chi connectivity index (χ0v) is 17.8. The fraction of sp³-hybridized carbons (Fsp3) is 0.409. The van der Waals surface area contributed by atoms with Gasteiger partial charge in [0.15, 0.2) is 0 Å². The summed E-state index contributed by atoms with van der Waals surface area (Å²) in [5, 5.41) is 27.3. The number of hydrogen-bond acceptors (Lipinski definition) is 7. The lowest BCUT2D eigenvalue weighted by Crippen LogP contribution is -2.48. The van der Waals surface area contributed by atoms with Crippen molar-refractivity contribution < 1.29 is 14.9 Å². The highest BCUT2D eigenvalue weighted by molar-refractivity contribution is 5.89. The van der Waals surface area contributed by atoms with Crippen LogP contribution in [0.2, 0.25) is 0 Å². The van der Waals surface area contributed by atoms with E-state index in [2.05, 4.69) is 26.4 Å². The number of anilines is 1. The maximum Gasteiger partial charge on any atom is 0.244 e. The SMILES string of the molecule is COc1nc(NC2CC(C)(O)C2)nn2ccc(-c3ccc4nc(C)n(CCO)c4c3)c12. The van der Waals surface area contributed by atoms with Crippen LogP contribution < -0.4 is 10.1 Å². The van der Waals surface area contributed by atoms with Crippen molar-refractivity contribution in [3.63, 3.8) is 0 Å². The Kier molecular flexibility index (Phi) is 4.60. The Morgan fingerprint density at radius 2 is 2.06 bits per heavy atom. The summed E-state index contributed by atoms with van der Waals surface area (Å²) in [5.74, 6) is 1.82. The van der Waals surface area contributed by atoms with Crippen molar-refractivity contribution in [1.29, 1.82) is 0 Å². The predicted octanol–water partition coefficient (Wildman–Crippen LogP) is 2.38. The number of aromatic nitrogens is 5. The molecule has 5 rings (SSSR count). The van der Waals surface area contributed by atoms with E-state index in [1.54, 1.807) is 11.6 Å². The van der Waals surface area contributed by atoms with Crippen molar-refractivity contribution in [2.75, 3.05) is 19.0 Å². The first kappa shape index (κ1) is 19.8. The largest absolute Gasteiger partial charge is 0.479 e. The van der Waals surface area contributed by atoms with Gasteiger partial charge in [0, 0.05) is 24.3 Å². The second-order valence-corrected chi connectivity index (χ2v) is 8.45. The van der Waals surface area contributed by atoms with Gasteiger partial charge in [0.25, 0.3) is 0 Å². The molecule has 9 heteroatoms. The molecule has 3 aromatic heterocycles. The van der Waals surface area contributed by atoms with Crippen molar-refractivity contribution in [1.82, 2.24) is 24.1 Å². The van der Waals surface area contributed by atoms with Gasteiger partial charge in [-0.05, 0) is 50.5 Å². The van der Waals surface area contributed by atoms with Crippen LogP contribution in [0, 0.1) is 6.92 Å². The molecule has 0 unspecified atom stereocenters. The van der Waals surface area contributed by atoms with Gasteiger partial charge in [-0.3, -0.25) is 0 Å². The number of aliphatic hydroxyl groups is 2. The van der Waals surface area contributed by atoms with Gasteiger partial charge in [0.2, 0.25) is 11.8 Å². The summed E-state index contributed by atoms with van der Waals surface area (Å²) >= 11 is 0. The third-order valence-electron chi connectivity index (χ3n) is 5.95. The van der Waals surface area contributed by atoms with Crippen LogP contribution in [-0.2, 0) is 6.54 Å². The first-order chi connectivity index (χ1) is 14.9. The number of ether oxygens (including phenoxy) is 1.